The van der Waals surface area contributed by atoms with E-state index >= 15 is 0 Å². The lowest BCUT2D eigenvalue weighted by Gasteiger charge is -2.26. The van der Waals surface area contributed by atoms with Gasteiger partial charge in [0.15, 0.2) is 0 Å². The van der Waals surface area contributed by atoms with Crippen LogP contribution in [-0.4, -0.2) is 12.7 Å². The van der Waals surface area contributed by atoms with Crippen molar-refractivity contribution < 1.29 is 4.74 Å². The van der Waals surface area contributed by atoms with E-state index in [1.807, 2.05) is 0 Å². The van der Waals surface area contributed by atoms with Gasteiger partial charge in [0.1, 0.15) is 0 Å². The smallest absolute Gasteiger partial charge is 0.0575 e. The Morgan fingerprint density at radius 2 is 1.35 bits per heavy atom. The van der Waals surface area contributed by atoms with E-state index in [-0.39, 0.29) is 0 Å². The van der Waals surface area contributed by atoms with E-state index in [2.05, 4.69) is 50.0 Å². The maximum absolute atomic E-state index is 5.72. The molecular formula is C25H40O. The van der Waals surface area contributed by atoms with Crippen molar-refractivity contribution in [3.8, 4) is 11.8 Å². The Hall–Kier alpha value is -1.00. The Labute approximate surface area is 162 Å². The third-order valence-corrected chi connectivity index (χ3v) is 6.22. The number of hydrogen-bond donors (Lipinski definition) is 0. The molecule has 0 N–H and O–H groups in total. The molecule has 0 spiro atoms. The summed E-state index contributed by atoms with van der Waals surface area (Å²) in [6.07, 6.45) is 25.5. The first-order valence-electron chi connectivity index (χ1n) is 11.3. The molecule has 0 amide bonds. The average molecular weight is 357 g/mol. The van der Waals surface area contributed by atoms with Crippen LogP contribution < -0.4 is 0 Å². The van der Waals surface area contributed by atoms with E-state index in [1.165, 1.54) is 77.0 Å². The molecule has 146 valence electrons. The molecule has 0 unspecified atom stereocenters. The standard InChI is InChI=1S/C25H40O/c1-3-5-8-11-22-14-16-23(17-15-22)12-9-6-7-10-13-24-18-20-25(21-19-24)26-4-2/h9-10,12-13,22-25H,3-5,8,11,14-21H2,1-2H3. The molecule has 2 aliphatic rings. The Morgan fingerprint density at radius 1 is 0.769 bits per heavy atom. The van der Waals surface area contributed by atoms with Crippen LogP contribution in [0, 0.1) is 29.6 Å². The number of unbranched alkanes of at least 4 members (excludes halogenated alkanes) is 2. The van der Waals surface area contributed by atoms with Gasteiger partial charge in [-0.2, -0.15) is 0 Å². The molecule has 2 saturated carbocycles. The lowest BCUT2D eigenvalue weighted by molar-refractivity contribution is 0.0302. The van der Waals surface area contributed by atoms with Gasteiger partial charge in [-0.1, -0.05) is 56.6 Å². The summed E-state index contributed by atoms with van der Waals surface area (Å²) in [5.74, 6) is 8.88. The predicted molar refractivity (Wildman–Crippen MR) is 113 cm³/mol. The minimum atomic E-state index is 0.500. The third-order valence-electron chi connectivity index (χ3n) is 6.22. The Kier molecular flexibility index (Phi) is 10.8. The molecule has 0 saturated heterocycles. The second-order valence-corrected chi connectivity index (χ2v) is 8.28. The molecular weight excluding hydrogens is 316 g/mol. The molecule has 0 radical (unpaired) electrons. The predicted octanol–water partition coefficient (Wildman–Crippen LogP) is 7.08. The first kappa shape index (κ1) is 21.3. The average Bonchev–Trinajstić information content (AvgIpc) is 2.67. The van der Waals surface area contributed by atoms with E-state index in [4.69, 9.17) is 4.74 Å². The van der Waals surface area contributed by atoms with Gasteiger partial charge in [0.05, 0.1) is 6.10 Å². The summed E-state index contributed by atoms with van der Waals surface area (Å²) in [6, 6.07) is 0. The van der Waals surface area contributed by atoms with E-state index in [0.717, 1.165) is 18.4 Å². The number of ether oxygens (including phenoxy) is 1. The van der Waals surface area contributed by atoms with Crippen molar-refractivity contribution in [1.82, 2.24) is 0 Å². The molecule has 0 aliphatic heterocycles. The van der Waals surface area contributed by atoms with Crippen LogP contribution >= 0.6 is 0 Å². The molecule has 2 fully saturated rings. The molecule has 0 atom stereocenters. The lowest BCUT2D eigenvalue weighted by Crippen LogP contribution is -2.20. The van der Waals surface area contributed by atoms with Gasteiger partial charge in [-0.15, -0.1) is 0 Å². The Morgan fingerprint density at radius 3 is 1.88 bits per heavy atom. The fourth-order valence-corrected chi connectivity index (χ4v) is 4.50. The van der Waals surface area contributed by atoms with Gasteiger partial charge in [0.25, 0.3) is 0 Å². The van der Waals surface area contributed by atoms with Crippen molar-refractivity contribution in [2.45, 2.75) is 97.0 Å². The third kappa shape index (κ3) is 8.59. The maximum Gasteiger partial charge on any atom is 0.0575 e. The first-order valence-corrected chi connectivity index (χ1v) is 11.3. The monoisotopic (exact) mass is 356 g/mol. The molecule has 1 nitrogen and oxygen atoms in total. The topological polar surface area (TPSA) is 9.23 Å². The van der Waals surface area contributed by atoms with Crippen molar-refractivity contribution in [1.29, 1.82) is 0 Å². The van der Waals surface area contributed by atoms with Gasteiger partial charge < -0.3 is 4.74 Å². The summed E-state index contributed by atoms with van der Waals surface area (Å²) < 4.78 is 5.72. The molecule has 0 aromatic carbocycles. The van der Waals surface area contributed by atoms with E-state index in [9.17, 15) is 0 Å². The molecule has 1 heteroatoms. The van der Waals surface area contributed by atoms with Crippen LogP contribution in [0.3, 0.4) is 0 Å². The Balaban J connectivity index is 1.58. The number of allylic oxidation sites excluding steroid dienone is 4. The Bertz CT molecular complexity index is 462. The van der Waals surface area contributed by atoms with Crippen molar-refractivity contribution in [3.05, 3.63) is 24.3 Å². The van der Waals surface area contributed by atoms with Gasteiger partial charge in [-0.05, 0) is 88.2 Å². The summed E-state index contributed by atoms with van der Waals surface area (Å²) in [7, 11) is 0. The SMILES string of the molecule is CCCCCC1CCC(C=CC#CC=CC2CCC(OCC)CC2)CC1. The summed E-state index contributed by atoms with van der Waals surface area (Å²) >= 11 is 0. The summed E-state index contributed by atoms with van der Waals surface area (Å²) in [5, 5.41) is 0. The molecule has 0 bridgehead atoms. The molecule has 0 aromatic heterocycles. The summed E-state index contributed by atoms with van der Waals surface area (Å²) in [5.41, 5.74) is 0. The van der Waals surface area contributed by atoms with E-state index in [0.29, 0.717) is 12.0 Å². The van der Waals surface area contributed by atoms with Crippen LogP contribution in [0.15, 0.2) is 24.3 Å². The number of rotatable bonds is 8. The van der Waals surface area contributed by atoms with Crippen LogP contribution in [0.5, 0.6) is 0 Å². The van der Waals surface area contributed by atoms with Crippen molar-refractivity contribution in [3.63, 3.8) is 0 Å². The molecule has 26 heavy (non-hydrogen) atoms. The van der Waals surface area contributed by atoms with Crippen LogP contribution in [0.2, 0.25) is 0 Å². The molecule has 2 rings (SSSR count). The lowest BCUT2D eigenvalue weighted by atomic mass is 9.79. The van der Waals surface area contributed by atoms with Gasteiger partial charge >= 0.3 is 0 Å². The minimum absolute atomic E-state index is 0.500. The van der Waals surface area contributed by atoms with Crippen molar-refractivity contribution >= 4 is 0 Å². The largest absolute Gasteiger partial charge is 0.379 e. The molecule has 0 aromatic rings. The van der Waals surface area contributed by atoms with Crippen LogP contribution in [0.1, 0.15) is 90.9 Å². The van der Waals surface area contributed by atoms with Gasteiger partial charge in [-0.25, -0.2) is 0 Å². The minimum Gasteiger partial charge on any atom is -0.379 e. The highest BCUT2D eigenvalue weighted by molar-refractivity contribution is 5.24. The van der Waals surface area contributed by atoms with Crippen molar-refractivity contribution in [2.24, 2.45) is 17.8 Å². The van der Waals surface area contributed by atoms with Gasteiger partial charge in [0.2, 0.25) is 0 Å². The summed E-state index contributed by atoms with van der Waals surface area (Å²) in [6.45, 7) is 5.24. The fourth-order valence-electron chi connectivity index (χ4n) is 4.50. The zero-order valence-corrected chi connectivity index (χ0v) is 17.2. The van der Waals surface area contributed by atoms with Crippen LogP contribution in [0.25, 0.3) is 0 Å². The maximum atomic E-state index is 5.72. The highest BCUT2D eigenvalue weighted by Gasteiger charge is 2.19. The van der Waals surface area contributed by atoms with E-state index < -0.39 is 0 Å². The van der Waals surface area contributed by atoms with E-state index in [1.54, 1.807) is 0 Å². The second-order valence-electron chi connectivity index (χ2n) is 8.28. The van der Waals surface area contributed by atoms with Gasteiger partial charge in [0, 0.05) is 6.61 Å². The normalized spacial score (nSPS) is 29.8. The second kappa shape index (κ2) is 13.2. The fraction of sp³-hybridized carbons (Fsp3) is 0.760. The highest BCUT2D eigenvalue weighted by Crippen LogP contribution is 2.32. The first-order chi connectivity index (χ1) is 12.8. The molecule has 0 heterocycles. The van der Waals surface area contributed by atoms with Crippen LogP contribution in [0.4, 0.5) is 0 Å². The zero-order valence-electron chi connectivity index (χ0n) is 17.2. The van der Waals surface area contributed by atoms with Crippen molar-refractivity contribution in [2.75, 3.05) is 6.61 Å². The highest BCUT2D eigenvalue weighted by atomic mass is 16.5. The quantitative estimate of drug-likeness (QED) is 0.333. The van der Waals surface area contributed by atoms with Gasteiger partial charge in [-0.3, -0.25) is 0 Å². The number of hydrogen-bond acceptors (Lipinski definition) is 1. The summed E-state index contributed by atoms with van der Waals surface area (Å²) in [4.78, 5) is 0. The molecule has 2 aliphatic carbocycles. The zero-order chi connectivity index (χ0) is 18.5. The van der Waals surface area contributed by atoms with Crippen LogP contribution in [-0.2, 0) is 4.74 Å².